The molecular weight excluding hydrogens is 326 g/mol. The zero-order valence-electron chi connectivity index (χ0n) is 14.6. The van der Waals surface area contributed by atoms with Crippen LogP contribution >= 0.6 is 11.6 Å². The topological polar surface area (TPSA) is 52.7 Å². The zero-order valence-corrected chi connectivity index (χ0v) is 15.3. The van der Waals surface area contributed by atoms with Crippen molar-refractivity contribution in [2.45, 2.75) is 26.3 Å². The molecule has 2 rings (SSSR count). The number of amides is 2. The van der Waals surface area contributed by atoms with E-state index < -0.39 is 6.04 Å². The van der Waals surface area contributed by atoms with Gasteiger partial charge in [-0.2, -0.15) is 0 Å². The maximum absolute atomic E-state index is 12.9. The van der Waals surface area contributed by atoms with Crippen LogP contribution < -0.4 is 5.32 Å². The fourth-order valence-electron chi connectivity index (χ4n) is 2.82. The Morgan fingerprint density at radius 3 is 2.38 bits per heavy atom. The molecule has 1 N–H and O–H groups in total. The van der Waals surface area contributed by atoms with E-state index in [0.29, 0.717) is 36.0 Å². The second-order valence-corrected chi connectivity index (χ2v) is 7.17. The second-order valence-electron chi connectivity index (χ2n) is 6.76. The molecule has 0 aliphatic carbocycles. The van der Waals surface area contributed by atoms with Crippen molar-refractivity contribution in [1.29, 1.82) is 0 Å². The first-order valence-electron chi connectivity index (χ1n) is 8.41. The maximum atomic E-state index is 12.9. The number of carbonyl (C=O) groups is 2. The van der Waals surface area contributed by atoms with Gasteiger partial charge in [0.05, 0.1) is 10.6 Å². The minimum absolute atomic E-state index is 0.00259. The van der Waals surface area contributed by atoms with Crippen molar-refractivity contribution in [2.75, 3.05) is 33.2 Å². The van der Waals surface area contributed by atoms with Gasteiger partial charge in [-0.05, 0) is 31.5 Å². The van der Waals surface area contributed by atoms with E-state index in [1.807, 2.05) is 25.8 Å². The van der Waals surface area contributed by atoms with Crippen LogP contribution in [0.3, 0.4) is 0 Å². The Hall–Kier alpha value is -1.59. The fraction of sp³-hybridized carbons (Fsp3) is 0.556. The van der Waals surface area contributed by atoms with E-state index in [1.54, 1.807) is 24.3 Å². The van der Waals surface area contributed by atoms with Crippen LogP contribution in [0.25, 0.3) is 0 Å². The highest BCUT2D eigenvalue weighted by molar-refractivity contribution is 6.33. The molecule has 5 nitrogen and oxygen atoms in total. The molecule has 1 aromatic rings. The van der Waals surface area contributed by atoms with Gasteiger partial charge in [-0.3, -0.25) is 9.59 Å². The van der Waals surface area contributed by atoms with Gasteiger partial charge in [0, 0.05) is 26.2 Å². The third-order valence-corrected chi connectivity index (χ3v) is 4.57. The Morgan fingerprint density at radius 1 is 1.17 bits per heavy atom. The number of carbonyl (C=O) groups excluding carboxylic acids is 2. The Bertz CT molecular complexity index is 583. The van der Waals surface area contributed by atoms with Gasteiger partial charge in [0.2, 0.25) is 5.91 Å². The summed E-state index contributed by atoms with van der Waals surface area (Å²) in [5.74, 6) is 0.00360. The van der Waals surface area contributed by atoms with E-state index in [1.165, 1.54) is 0 Å². The van der Waals surface area contributed by atoms with Crippen LogP contribution in [0, 0.1) is 5.92 Å². The molecule has 0 unspecified atom stereocenters. The van der Waals surface area contributed by atoms with Gasteiger partial charge in [0.25, 0.3) is 5.91 Å². The average molecular weight is 352 g/mol. The molecule has 0 saturated carbocycles. The number of benzene rings is 1. The van der Waals surface area contributed by atoms with Crippen LogP contribution in [0.15, 0.2) is 24.3 Å². The summed E-state index contributed by atoms with van der Waals surface area (Å²) in [5, 5.41) is 3.28. The number of hydrogen-bond acceptors (Lipinski definition) is 3. The molecule has 1 saturated heterocycles. The number of halogens is 1. The summed E-state index contributed by atoms with van der Waals surface area (Å²) in [6.07, 6.45) is 0.612. The van der Waals surface area contributed by atoms with Gasteiger partial charge >= 0.3 is 0 Å². The molecule has 132 valence electrons. The normalized spacial score (nSPS) is 17.0. The predicted molar refractivity (Wildman–Crippen MR) is 96.2 cm³/mol. The average Bonchev–Trinajstić information content (AvgIpc) is 2.54. The zero-order chi connectivity index (χ0) is 17.7. The lowest BCUT2D eigenvalue weighted by Gasteiger charge is -2.35. The predicted octanol–water partition coefficient (Wildman–Crippen LogP) is 2.26. The molecule has 0 bridgehead atoms. The smallest absolute Gasteiger partial charge is 0.253 e. The first-order chi connectivity index (χ1) is 11.4. The Morgan fingerprint density at radius 2 is 1.79 bits per heavy atom. The van der Waals surface area contributed by atoms with E-state index >= 15 is 0 Å². The Balaban J connectivity index is 2.09. The number of hydrogen-bond donors (Lipinski definition) is 1. The van der Waals surface area contributed by atoms with Crippen LogP contribution in [0.2, 0.25) is 5.02 Å². The summed E-state index contributed by atoms with van der Waals surface area (Å²) in [7, 11) is 2.05. The minimum atomic E-state index is -0.517. The lowest BCUT2D eigenvalue weighted by Crippen LogP contribution is -2.54. The second kappa shape index (κ2) is 8.49. The first kappa shape index (κ1) is 18.7. The third-order valence-electron chi connectivity index (χ3n) is 4.24. The van der Waals surface area contributed by atoms with E-state index in [9.17, 15) is 9.59 Å². The maximum Gasteiger partial charge on any atom is 0.253 e. The highest BCUT2D eigenvalue weighted by atomic mass is 35.5. The quantitative estimate of drug-likeness (QED) is 0.885. The standard InChI is InChI=1S/C18H26ClN3O2/c1-13(2)12-16(18(24)22-10-8-21(3)9-11-22)20-17(23)14-6-4-5-7-15(14)19/h4-7,13,16H,8-12H2,1-3H3,(H,20,23)/t16-/m1/s1. The van der Waals surface area contributed by atoms with Crippen molar-refractivity contribution in [3.8, 4) is 0 Å². The van der Waals surface area contributed by atoms with E-state index in [2.05, 4.69) is 10.2 Å². The van der Waals surface area contributed by atoms with Gasteiger partial charge in [0.15, 0.2) is 0 Å². The van der Waals surface area contributed by atoms with Crippen LogP contribution in [0.4, 0.5) is 0 Å². The molecule has 6 heteroatoms. The summed E-state index contributed by atoms with van der Waals surface area (Å²) in [6.45, 7) is 7.22. The number of nitrogens with zero attached hydrogens (tertiary/aromatic N) is 2. The van der Waals surface area contributed by atoms with Crippen LogP contribution in [-0.2, 0) is 4.79 Å². The lowest BCUT2D eigenvalue weighted by molar-refractivity contribution is -0.135. The number of likely N-dealkylation sites (N-methyl/N-ethyl adjacent to an activating group) is 1. The van der Waals surface area contributed by atoms with Crippen molar-refractivity contribution in [3.63, 3.8) is 0 Å². The van der Waals surface area contributed by atoms with Crippen molar-refractivity contribution >= 4 is 23.4 Å². The van der Waals surface area contributed by atoms with Crippen molar-refractivity contribution in [3.05, 3.63) is 34.9 Å². The lowest BCUT2D eigenvalue weighted by atomic mass is 10.0. The van der Waals surface area contributed by atoms with E-state index in [0.717, 1.165) is 13.1 Å². The molecule has 0 spiro atoms. The molecule has 0 radical (unpaired) electrons. The Labute approximate surface area is 149 Å². The van der Waals surface area contributed by atoms with Gasteiger partial charge in [-0.15, -0.1) is 0 Å². The number of rotatable bonds is 5. The summed E-state index contributed by atoms with van der Waals surface area (Å²) < 4.78 is 0. The molecular formula is C18H26ClN3O2. The molecule has 1 atom stereocenters. The van der Waals surface area contributed by atoms with Gasteiger partial charge < -0.3 is 15.1 Å². The molecule has 24 heavy (non-hydrogen) atoms. The molecule has 1 aromatic carbocycles. The molecule has 2 amide bonds. The minimum Gasteiger partial charge on any atom is -0.340 e. The summed E-state index contributed by atoms with van der Waals surface area (Å²) in [6, 6.07) is 6.37. The van der Waals surface area contributed by atoms with E-state index in [-0.39, 0.29) is 11.8 Å². The molecule has 1 fully saturated rings. The van der Waals surface area contributed by atoms with Crippen LogP contribution in [0.1, 0.15) is 30.6 Å². The Kier molecular flexibility index (Phi) is 6.63. The monoisotopic (exact) mass is 351 g/mol. The van der Waals surface area contributed by atoms with Gasteiger partial charge in [-0.25, -0.2) is 0 Å². The molecule has 1 heterocycles. The highest BCUT2D eigenvalue weighted by Gasteiger charge is 2.29. The number of piperazine rings is 1. The van der Waals surface area contributed by atoms with Crippen LogP contribution in [-0.4, -0.2) is 60.9 Å². The van der Waals surface area contributed by atoms with Crippen molar-refractivity contribution < 1.29 is 9.59 Å². The van der Waals surface area contributed by atoms with Gasteiger partial charge in [0.1, 0.15) is 6.04 Å². The summed E-state index contributed by atoms with van der Waals surface area (Å²) >= 11 is 6.09. The summed E-state index contributed by atoms with van der Waals surface area (Å²) in [5.41, 5.74) is 0.402. The summed E-state index contributed by atoms with van der Waals surface area (Å²) in [4.78, 5) is 29.4. The molecule has 1 aliphatic rings. The number of nitrogens with one attached hydrogen (secondary N) is 1. The SMILES string of the molecule is CC(C)C[C@@H](NC(=O)c1ccccc1Cl)C(=O)N1CCN(C)CC1. The van der Waals surface area contributed by atoms with Crippen molar-refractivity contribution in [2.24, 2.45) is 5.92 Å². The molecule has 1 aliphatic heterocycles. The van der Waals surface area contributed by atoms with E-state index in [4.69, 9.17) is 11.6 Å². The largest absolute Gasteiger partial charge is 0.340 e. The third kappa shape index (κ3) is 4.95. The van der Waals surface area contributed by atoms with Crippen LogP contribution in [0.5, 0.6) is 0 Å². The van der Waals surface area contributed by atoms with Gasteiger partial charge in [-0.1, -0.05) is 37.6 Å². The molecule has 0 aromatic heterocycles. The van der Waals surface area contributed by atoms with Crippen molar-refractivity contribution in [1.82, 2.24) is 15.1 Å². The highest BCUT2D eigenvalue weighted by Crippen LogP contribution is 2.16. The fourth-order valence-corrected chi connectivity index (χ4v) is 3.04. The first-order valence-corrected chi connectivity index (χ1v) is 8.79.